The van der Waals surface area contributed by atoms with E-state index in [1.54, 1.807) is 24.4 Å². The second kappa shape index (κ2) is 6.20. The van der Waals surface area contributed by atoms with E-state index in [1.807, 2.05) is 25.1 Å². The van der Waals surface area contributed by atoms with Gasteiger partial charge in [0.15, 0.2) is 5.15 Å². The number of rotatable bonds is 4. The molecule has 0 saturated carbocycles. The van der Waals surface area contributed by atoms with Crippen molar-refractivity contribution in [2.75, 3.05) is 17.2 Å². The van der Waals surface area contributed by atoms with Crippen molar-refractivity contribution in [3.8, 4) is 0 Å². The van der Waals surface area contributed by atoms with E-state index < -0.39 is 0 Å². The molecule has 1 amide bonds. The molecule has 0 aliphatic rings. The first-order chi connectivity index (χ1) is 9.22. The maximum Gasteiger partial charge on any atom is 0.257 e. The van der Waals surface area contributed by atoms with Gasteiger partial charge in [0.2, 0.25) is 0 Å². The molecular weight excluding hydrogens is 262 g/mol. The molecule has 0 fully saturated rings. The van der Waals surface area contributed by atoms with Crippen molar-refractivity contribution < 1.29 is 4.79 Å². The minimum Gasteiger partial charge on any atom is -0.385 e. The van der Waals surface area contributed by atoms with E-state index in [0.29, 0.717) is 11.3 Å². The molecule has 0 aliphatic carbocycles. The van der Waals surface area contributed by atoms with Gasteiger partial charge in [0.05, 0.1) is 11.3 Å². The number of halogens is 1. The van der Waals surface area contributed by atoms with Crippen LogP contribution in [-0.2, 0) is 0 Å². The Morgan fingerprint density at radius 3 is 2.68 bits per heavy atom. The zero-order valence-corrected chi connectivity index (χ0v) is 11.2. The molecular formula is C14H14ClN3O. The summed E-state index contributed by atoms with van der Waals surface area (Å²) >= 11 is 5.92. The Kier molecular flexibility index (Phi) is 4.36. The van der Waals surface area contributed by atoms with Crippen LogP contribution < -0.4 is 10.6 Å². The van der Waals surface area contributed by atoms with Gasteiger partial charge in [-0.1, -0.05) is 23.7 Å². The van der Waals surface area contributed by atoms with Crippen molar-refractivity contribution in [3.05, 3.63) is 53.3 Å². The zero-order valence-electron chi connectivity index (χ0n) is 10.5. The number of hydrogen-bond donors (Lipinski definition) is 2. The van der Waals surface area contributed by atoms with Gasteiger partial charge in [-0.2, -0.15) is 0 Å². The Hall–Kier alpha value is -2.07. The lowest BCUT2D eigenvalue weighted by atomic mass is 10.1. The monoisotopic (exact) mass is 275 g/mol. The van der Waals surface area contributed by atoms with Gasteiger partial charge >= 0.3 is 0 Å². The van der Waals surface area contributed by atoms with Crippen LogP contribution in [0.2, 0.25) is 5.15 Å². The SMILES string of the molecule is CCNc1ccccc1C(=O)Nc1cccnc1Cl. The number of nitrogens with zero attached hydrogens (tertiary/aromatic N) is 1. The standard InChI is InChI=1S/C14H14ClN3O/c1-2-16-11-7-4-3-6-10(11)14(19)18-12-8-5-9-17-13(12)15/h3-9,16H,2H2,1H3,(H,18,19). The fourth-order valence-electron chi connectivity index (χ4n) is 1.69. The topological polar surface area (TPSA) is 54.0 Å². The summed E-state index contributed by atoms with van der Waals surface area (Å²) < 4.78 is 0. The summed E-state index contributed by atoms with van der Waals surface area (Å²) in [5.41, 5.74) is 1.87. The van der Waals surface area contributed by atoms with Gasteiger partial charge in [0, 0.05) is 18.4 Å². The molecule has 0 atom stereocenters. The molecule has 4 nitrogen and oxygen atoms in total. The van der Waals surface area contributed by atoms with Crippen LogP contribution in [0.3, 0.4) is 0 Å². The molecule has 0 radical (unpaired) electrons. The molecule has 0 unspecified atom stereocenters. The fourth-order valence-corrected chi connectivity index (χ4v) is 1.86. The summed E-state index contributed by atoms with van der Waals surface area (Å²) in [6.07, 6.45) is 1.57. The summed E-state index contributed by atoms with van der Waals surface area (Å²) in [5, 5.41) is 6.17. The van der Waals surface area contributed by atoms with Gasteiger partial charge in [-0.05, 0) is 31.2 Å². The summed E-state index contributed by atoms with van der Waals surface area (Å²) in [6, 6.07) is 10.8. The van der Waals surface area contributed by atoms with Crippen molar-refractivity contribution in [1.82, 2.24) is 4.98 Å². The van der Waals surface area contributed by atoms with Crippen LogP contribution in [-0.4, -0.2) is 17.4 Å². The van der Waals surface area contributed by atoms with E-state index in [2.05, 4.69) is 15.6 Å². The van der Waals surface area contributed by atoms with Crippen LogP contribution in [0.15, 0.2) is 42.6 Å². The van der Waals surface area contributed by atoms with Crippen molar-refractivity contribution in [3.63, 3.8) is 0 Å². The largest absolute Gasteiger partial charge is 0.385 e. The number of para-hydroxylation sites is 1. The Morgan fingerprint density at radius 2 is 1.95 bits per heavy atom. The molecule has 0 aliphatic heterocycles. The molecule has 5 heteroatoms. The summed E-state index contributed by atoms with van der Waals surface area (Å²) in [6.45, 7) is 2.73. The predicted octanol–water partition coefficient (Wildman–Crippen LogP) is 3.42. The highest BCUT2D eigenvalue weighted by Gasteiger charge is 2.12. The lowest BCUT2D eigenvalue weighted by Crippen LogP contribution is -2.15. The Balaban J connectivity index is 2.23. The zero-order chi connectivity index (χ0) is 13.7. The van der Waals surface area contributed by atoms with E-state index >= 15 is 0 Å². The number of aromatic nitrogens is 1. The van der Waals surface area contributed by atoms with E-state index in [0.717, 1.165) is 12.2 Å². The van der Waals surface area contributed by atoms with Gasteiger partial charge in [-0.15, -0.1) is 0 Å². The first kappa shape index (κ1) is 13.4. The lowest BCUT2D eigenvalue weighted by Gasteiger charge is -2.11. The van der Waals surface area contributed by atoms with Crippen LogP contribution in [0.4, 0.5) is 11.4 Å². The number of benzene rings is 1. The molecule has 2 N–H and O–H groups in total. The number of hydrogen-bond acceptors (Lipinski definition) is 3. The maximum absolute atomic E-state index is 12.2. The minimum absolute atomic E-state index is 0.216. The van der Waals surface area contributed by atoms with E-state index in [9.17, 15) is 4.79 Å². The van der Waals surface area contributed by atoms with E-state index in [-0.39, 0.29) is 11.1 Å². The first-order valence-electron chi connectivity index (χ1n) is 5.97. The number of pyridine rings is 1. The Morgan fingerprint density at radius 1 is 1.21 bits per heavy atom. The molecule has 0 bridgehead atoms. The highest BCUT2D eigenvalue weighted by molar-refractivity contribution is 6.32. The third-order valence-corrected chi connectivity index (χ3v) is 2.85. The average Bonchev–Trinajstić information content (AvgIpc) is 2.42. The van der Waals surface area contributed by atoms with Gasteiger partial charge < -0.3 is 10.6 Å². The van der Waals surface area contributed by atoms with Gasteiger partial charge in [-0.25, -0.2) is 4.98 Å². The van der Waals surface area contributed by atoms with E-state index in [4.69, 9.17) is 11.6 Å². The predicted molar refractivity (Wildman–Crippen MR) is 77.8 cm³/mol. The van der Waals surface area contributed by atoms with Crippen LogP contribution in [0, 0.1) is 0 Å². The molecule has 1 aromatic heterocycles. The van der Waals surface area contributed by atoms with Crippen LogP contribution in [0.25, 0.3) is 0 Å². The van der Waals surface area contributed by atoms with Crippen molar-refractivity contribution >= 4 is 28.9 Å². The van der Waals surface area contributed by atoms with E-state index in [1.165, 1.54) is 0 Å². The lowest BCUT2D eigenvalue weighted by molar-refractivity contribution is 0.102. The number of carbonyl (C=O) groups excluding carboxylic acids is 1. The number of amides is 1. The van der Waals surface area contributed by atoms with Crippen molar-refractivity contribution in [1.29, 1.82) is 0 Å². The molecule has 1 aromatic carbocycles. The minimum atomic E-state index is -0.216. The Bertz CT molecular complexity index is 586. The third-order valence-electron chi connectivity index (χ3n) is 2.55. The summed E-state index contributed by atoms with van der Waals surface area (Å²) in [4.78, 5) is 16.1. The quantitative estimate of drug-likeness (QED) is 0.841. The van der Waals surface area contributed by atoms with Crippen LogP contribution in [0.5, 0.6) is 0 Å². The maximum atomic E-state index is 12.2. The molecule has 2 aromatic rings. The molecule has 0 spiro atoms. The molecule has 0 saturated heterocycles. The molecule has 98 valence electrons. The second-order valence-electron chi connectivity index (χ2n) is 3.87. The number of carbonyl (C=O) groups is 1. The van der Waals surface area contributed by atoms with Gasteiger partial charge in [-0.3, -0.25) is 4.79 Å². The normalized spacial score (nSPS) is 10.0. The smallest absolute Gasteiger partial charge is 0.257 e. The fraction of sp³-hybridized carbons (Fsp3) is 0.143. The molecule has 2 rings (SSSR count). The summed E-state index contributed by atoms with van der Waals surface area (Å²) in [7, 11) is 0. The van der Waals surface area contributed by atoms with Gasteiger partial charge in [0.25, 0.3) is 5.91 Å². The van der Waals surface area contributed by atoms with Crippen LogP contribution >= 0.6 is 11.6 Å². The second-order valence-corrected chi connectivity index (χ2v) is 4.23. The number of nitrogens with one attached hydrogen (secondary N) is 2. The van der Waals surface area contributed by atoms with Crippen molar-refractivity contribution in [2.45, 2.75) is 6.92 Å². The summed E-state index contributed by atoms with van der Waals surface area (Å²) in [5.74, 6) is -0.216. The van der Waals surface area contributed by atoms with Crippen LogP contribution in [0.1, 0.15) is 17.3 Å². The first-order valence-corrected chi connectivity index (χ1v) is 6.35. The average molecular weight is 276 g/mol. The van der Waals surface area contributed by atoms with Crippen molar-refractivity contribution in [2.24, 2.45) is 0 Å². The number of anilines is 2. The molecule has 19 heavy (non-hydrogen) atoms. The van der Waals surface area contributed by atoms with Gasteiger partial charge in [0.1, 0.15) is 0 Å². The highest BCUT2D eigenvalue weighted by atomic mass is 35.5. The molecule has 1 heterocycles. The third kappa shape index (κ3) is 3.23. The highest BCUT2D eigenvalue weighted by Crippen LogP contribution is 2.21. The Labute approximate surface area is 116 Å².